The molecule has 0 aliphatic rings. The smallest absolute Gasteiger partial charge is 0.128 e. The molecule has 1 heterocycles. The Labute approximate surface area is 116 Å². The maximum Gasteiger partial charge on any atom is 0.128 e. The van der Waals surface area contributed by atoms with E-state index in [1.54, 1.807) is 0 Å². The summed E-state index contributed by atoms with van der Waals surface area (Å²) >= 11 is 0. The van der Waals surface area contributed by atoms with Crippen LogP contribution in [0.15, 0.2) is 18.3 Å². The zero-order valence-electron chi connectivity index (χ0n) is 12.6. The summed E-state index contributed by atoms with van der Waals surface area (Å²) in [4.78, 5) is 6.60. The normalized spacial score (nSPS) is 11.6. The molecule has 0 aliphatic heterocycles. The predicted molar refractivity (Wildman–Crippen MR) is 80.4 cm³/mol. The van der Waals surface area contributed by atoms with Gasteiger partial charge in [-0.3, -0.25) is 0 Å². The molecule has 108 valence electrons. The summed E-state index contributed by atoms with van der Waals surface area (Å²) in [6.07, 6.45) is 2.96. The zero-order valence-corrected chi connectivity index (χ0v) is 12.6. The lowest BCUT2D eigenvalue weighted by molar-refractivity contribution is 0.301. The van der Waals surface area contributed by atoms with Crippen molar-refractivity contribution in [1.82, 2.24) is 10.3 Å². The number of aliphatic hydroxyl groups is 1. The van der Waals surface area contributed by atoms with Crippen molar-refractivity contribution in [1.29, 1.82) is 0 Å². The molecule has 4 nitrogen and oxygen atoms in total. The molecule has 1 rings (SSSR count). The summed E-state index contributed by atoms with van der Waals surface area (Å²) in [5.41, 5.74) is 1.29. The molecule has 1 aromatic rings. The number of nitrogens with zero attached hydrogens (tertiary/aromatic N) is 2. The van der Waals surface area contributed by atoms with Crippen LogP contribution < -0.4 is 10.2 Å². The van der Waals surface area contributed by atoms with E-state index < -0.39 is 0 Å². The Kier molecular flexibility index (Phi) is 6.25. The molecule has 0 saturated carbocycles. The van der Waals surface area contributed by atoms with Gasteiger partial charge < -0.3 is 15.3 Å². The first-order valence-corrected chi connectivity index (χ1v) is 7.02. The molecular formula is C15H27N3O. The standard InChI is InChI=1S/C15H27N3O/c1-5-8-18(9-10-19)14-7-6-13(11-16-14)12-17-15(2,3)4/h6-7,11,17,19H,5,8-10,12H2,1-4H3. The van der Waals surface area contributed by atoms with E-state index in [1.807, 2.05) is 12.3 Å². The topological polar surface area (TPSA) is 48.4 Å². The second-order valence-corrected chi connectivity index (χ2v) is 5.84. The molecule has 0 aliphatic carbocycles. The van der Waals surface area contributed by atoms with Crippen LogP contribution in [0.25, 0.3) is 0 Å². The van der Waals surface area contributed by atoms with Crippen molar-refractivity contribution in [2.24, 2.45) is 0 Å². The van der Waals surface area contributed by atoms with Crippen molar-refractivity contribution in [3.05, 3.63) is 23.9 Å². The molecule has 1 aromatic heterocycles. The first-order valence-electron chi connectivity index (χ1n) is 7.02. The van der Waals surface area contributed by atoms with E-state index in [0.717, 1.165) is 25.3 Å². The molecule has 4 heteroatoms. The molecule has 0 amide bonds. The van der Waals surface area contributed by atoms with E-state index in [1.165, 1.54) is 5.56 Å². The molecule has 0 aromatic carbocycles. The fourth-order valence-corrected chi connectivity index (χ4v) is 1.81. The van der Waals surface area contributed by atoms with Crippen molar-refractivity contribution in [2.75, 3.05) is 24.6 Å². The van der Waals surface area contributed by atoms with Gasteiger partial charge in [-0.1, -0.05) is 13.0 Å². The van der Waals surface area contributed by atoms with Crippen molar-refractivity contribution >= 4 is 5.82 Å². The Morgan fingerprint density at radius 3 is 2.47 bits per heavy atom. The van der Waals surface area contributed by atoms with E-state index in [4.69, 9.17) is 5.11 Å². The molecule has 0 spiro atoms. The fraction of sp³-hybridized carbons (Fsp3) is 0.667. The maximum absolute atomic E-state index is 9.07. The summed E-state index contributed by atoms with van der Waals surface area (Å²) < 4.78 is 0. The van der Waals surface area contributed by atoms with Gasteiger partial charge >= 0.3 is 0 Å². The SMILES string of the molecule is CCCN(CCO)c1ccc(CNC(C)(C)C)cn1. The Morgan fingerprint density at radius 2 is 2.00 bits per heavy atom. The van der Waals surface area contributed by atoms with Crippen molar-refractivity contribution in [3.8, 4) is 0 Å². The molecule has 19 heavy (non-hydrogen) atoms. The number of hydrogen-bond acceptors (Lipinski definition) is 4. The van der Waals surface area contributed by atoms with Crippen LogP contribution in [0.3, 0.4) is 0 Å². The summed E-state index contributed by atoms with van der Waals surface area (Å²) in [6, 6.07) is 4.13. The highest BCUT2D eigenvalue weighted by molar-refractivity contribution is 5.39. The Hall–Kier alpha value is -1.13. The highest BCUT2D eigenvalue weighted by Gasteiger charge is 2.09. The maximum atomic E-state index is 9.07. The minimum atomic E-state index is 0.115. The average Bonchev–Trinajstić information content (AvgIpc) is 2.36. The molecule has 0 atom stereocenters. The van der Waals surface area contributed by atoms with Crippen molar-refractivity contribution < 1.29 is 5.11 Å². The van der Waals surface area contributed by atoms with Crippen LogP contribution in [0.4, 0.5) is 5.82 Å². The van der Waals surface area contributed by atoms with Gasteiger partial charge in [0.05, 0.1) is 6.61 Å². The number of aromatic nitrogens is 1. The Balaban J connectivity index is 2.63. The molecule has 0 fully saturated rings. The Bertz CT molecular complexity index is 351. The number of pyridine rings is 1. The molecule has 0 radical (unpaired) electrons. The quantitative estimate of drug-likeness (QED) is 0.793. The minimum absolute atomic E-state index is 0.115. The van der Waals surface area contributed by atoms with Crippen LogP contribution >= 0.6 is 0 Å². The monoisotopic (exact) mass is 265 g/mol. The van der Waals surface area contributed by atoms with Gasteiger partial charge in [0.25, 0.3) is 0 Å². The van der Waals surface area contributed by atoms with Crippen molar-refractivity contribution in [3.63, 3.8) is 0 Å². The number of anilines is 1. The lowest BCUT2D eigenvalue weighted by Gasteiger charge is -2.23. The van der Waals surface area contributed by atoms with Gasteiger partial charge in [0.1, 0.15) is 5.82 Å². The Morgan fingerprint density at radius 1 is 1.26 bits per heavy atom. The lowest BCUT2D eigenvalue weighted by atomic mass is 10.1. The van der Waals surface area contributed by atoms with Gasteiger partial charge in [0, 0.05) is 31.4 Å². The summed E-state index contributed by atoms with van der Waals surface area (Å²) in [5.74, 6) is 0.940. The van der Waals surface area contributed by atoms with Crippen LogP contribution in [0, 0.1) is 0 Å². The average molecular weight is 265 g/mol. The van der Waals surface area contributed by atoms with Gasteiger partial charge in [-0.2, -0.15) is 0 Å². The van der Waals surface area contributed by atoms with Crippen LogP contribution in [0.1, 0.15) is 39.7 Å². The highest BCUT2D eigenvalue weighted by Crippen LogP contribution is 2.12. The van der Waals surface area contributed by atoms with Gasteiger partial charge in [-0.05, 0) is 38.8 Å². The molecular weight excluding hydrogens is 238 g/mol. The first-order chi connectivity index (χ1) is 8.96. The minimum Gasteiger partial charge on any atom is -0.395 e. The third kappa shape index (κ3) is 6.03. The molecule has 0 bridgehead atoms. The summed E-state index contributed by atoms with van der Waals surface area (Å²) in [6.45, 7) is 11.1. The predicted octanol–water partition coefficient (Wildman–Crippen LogP) is 2.18. The molecule has 2 N–H and O–H groups in total. The van der Waals surface area contributed by atoms with Crippen LogP contribution in [0.5, 0.6) is 0 Å². The van der Waals surface area contributed by atoms with Crippen LogP contribution in [-0.2, 0) is 6.54 Å². The van der Waals surface area contributed by atoms with E-state index in [2.05, 4.69) is 49.0 Å². The number of nitrogens with one attached hydrogen (secondary N) is 1. The highest BCUT2D eigenvalue weighted by atomic mass is 16.3. The van der Waals surface area contributed by atoms with Crippen LogP contribution in [-0.4, -0.2) is 35.3 Å². The van der Waals surface area contributed by atoms with E-state index in [9.17, 15) is 0 Å². The number of aliphatic hydroxyl groups excluding tert-OH is 1. The van der Waals surface area contributed by atoms with Crippen molar-refractivity contribution in [2.45, 2.75) is 46.2 Å². The fourth-order valence-electron chi connectivity index (χ4n) is 1.81. The van der Waals surface area contributed by atoms with Gasteiger partial charge in [0.15, 0.2) is 0 Å². The van der Waals surface area contributed by atoms with E-state index in [0.29, 0.717) is 6.54 Å². The number of hydrogen-bond donors (Lipinski definition) is 2. The first kappa shape index (κ1) is 15.9. The second kappa shape index (κ2) is 7.46. The lowest BCUT2D eigenvalue weighted by Crippen LogP contribution is -2.35. The third-order valence-corrected chi connectivity index (χ3v) is 2.82. The summed E-state index contributed by atoms with van der Waals surface area (Å²) in [5, 5.41) is 12.5. The largest absolute Gasteiger partial charge is 0.395 e. The zero-order chi connectivity index (χ0) is 14.3. The van der Waals surface area contributed by atoms with Crippen LogP contribution in [0.2, 0.25) is 0 Å². The van der Waals surface area contributed by atoms with Gasteiger partial charge in [-0.25, -0.2) is 4.98 Å². The number of rotatable bonds is 7. The molecule has 0 unspecified atom stereocenters. The van der Waals surface area contributed by atoms with E-state index >= 15 is 0 Å². The molecule has 0 saturated heterocycles. The third-order valence-electron chi connectivity index (χ3n) is 2.82. The second-order valence-electron chi connectivity index (χ2n) is 5.84. The summed E-state index contributed by atoms with van der Waals surface area (Å²) in [7, 11) is 0. The van der Waals surface area contributed by atoms with E-state index in [-0.39, 0.29) is 12.1 Å². The van der Waals surface area contributed by atoms with Gasteiger partial charge in [-0.15, -0.1) is 0 Å². The van der Waals surface area contributed by atoms with Gasteiger partial charge in [0.2, 0.25) is 0 Å².